The number of ether oxygens (including phenoxy) is 2. The Bertz CT molecular complexity index is 1230. The Hall–Kier alpha value is -3.72. The number of rotatable bonds is 8. The van der Waals surface area contributed by atoms with Crippen LogP contribution in [0.3, 0.4) is 0 Å². The number of nitrogens with zero attached hydrogens (tertiary/aromatic N) is 5. The van der Waals surface area contributed by atoms with E-state index in [4.69, 9.17) is 21.1 Å². The Morgan fingerprint density at radius 3 is 2.75 bits per heavy atom. The van der Waals surface area contributed by atoms with Gasteiger partial charge < -0.3 is 19.7 Å². The maximum Gasteiger partial charge on any atom is 0.163 e. The Morgan fingerprint density at radius 1 is 1.12 bits per heavy atom. The monoisotopic (exact) mass is 454 g/mol. The molecular weight excluding hydrogens is 435 g/mol. The van der Waals surface area contributed by atoms with Gasteiger partial charge in [-0.25, -0.2) is 14.4 Å². The number of hydrogen-bond donors (Lipinski definition) is 1. The van der Waals surface area contributed by atoms with Gasteiger partial charge in [-0.05, 0) is 36.4 Å². The molecule has 4 rings (SSSR count). The molecule has 2 aromatic carbocycles. The maximum atomic E-state index is 14.2. The molecule has 2 aromatic heterocycles. The Labute approximate surface area is 189 Å². The molecule has 32 heavy (non-hydrogen) atoms. The third-order valence-corrected chi connectivity index (χ3v) is 4.97. The van der Waals surface area contributed by atoms with E-state index in [1.165, 1.54) is 12.4 Å². The molecule has 0 saturated heterocycles. The number of anilines is 3. The Balaban J connectivity index is 1.54. The summed E-state index contributed by atoms with van der Waals surface area (Å²) in [6, 6.07) is 11.6. The van der Waals surface area contributed by atoms with Crippen molar-refractivity contribution in [3.63, 3.8) is 0 Å². The van der Waals surface area contributed by atoms with Crippen LogP contribution < -0.4 is 19.7 Å². The van der Waals surface area contributed by atoms with Gasteiger partial charge in [-0.15, -0.1) is 5.10 Å². The van der Waals surface area contributed by atoms with E-state index in [0.717, 1.165) is 5.82 Å². The van der Waals surface area contributed by atoms with Gasteiger partial charge in [-0.3, -0.25) is 0 Å². The van der Waals surface area contributed by atoms with Crippen molar-refractivity contribution in [2.45, 2.75) is 0 Å². The van der Waals surface area contributed by atoms with Crippen LogP contribution in [-0.4, -0.2) is 47.5 Å². The molecule has 0 aliphatic carbocycles. The second-order valence-corrected chi connectivity index (χ2v) is 7.28. The van der Waals surface area contributed by atoms with E-state index >= 15 is 0 Å². The lowest BCUT2D eigenvalue weighted by molar-refractivity contribution is 0.301. The predicted octanol–water partition coefficient (Wildman–Crippen LogP) is 4.48. The number of aromatic nitrogens is 4. The maximum absolute atomic E-state index is 14.2. The number of halogens is 2. The lowest BCUT2D eigenvalue weighted by atomic mass is 10.2. The van der Waals surface area contributed by atoms with Crippen molar-refractivity contribution < 1.29 is 13.9 Å². The lowest BCUT2D eigenvalue weighted by Gasteiger charge is -2.18. The van der Waals surface area contributed by atoms with E-state index in [9.17, 15) is 4.39 Å². The van der Waals surface area contributed by atoms with Crippen LogP contribution in [-0.2, 0) is 0 Å². The van der Waals surface area contributed by atoms with Crippen molar-refractivity contribution in [2.24, 2.45) is 0 Å². The van der Waals surface area contributed by atoms with Crippen LogP contribution >= 0.6 is 11.6 Å². The molecule has 4 aromatic rings. The molecule has 10 heteroatoms. The van der Waals surface area contributed by atoms with E-state index in [1.54, 1.807) is 37.6 Å². The summed E-state index contributed by atoms with van der Waals surface area (Å²) < 4.78 is 25.7. The normalized spacial score (nSPS) is 10.8. The first-order chi connectivity index (χ1) is 15.5. The molecule has 0 spiro atoms. The minimum absolute atomic E-state index is 0.251. The fourth-order valence-electron chi connectivity index (χ4n) is 3.06. The third kappa shape index (κ3) is 4.78. The Kier molecular flexibility index (Phi) is 6.46. The van der Waals surface area contributed by atoms with Gasteiger partial charge in [0.15, 0.2) is 17.3 Å². The van der Waals surface area contributed by atoms with Crippen LogP contribution in [0.2, 0.25) is 5.02 Å². The van der Waals surface area contributed by atoms with Crippen molar-refractivity contribution >= 4 is 39.8 Å². The summed E-state index contributed by atoms with van der Waals surface area (Å²) in [5.74, 6) is 1.75. The summed E-state index contributed by atoms with van der Waals surface area (Å²) in [5, 5.41) is 11.9. The quantitative estimate of drug-likeness (QED) is 0.417. The zero-order valence-electron chi connectivity index (χ0n) is 17.4. The summed E-state index contributed by atoms with van der Waals surface area (Å²) >= 11 is 5.83. The molecule has 0 bridgehead atoms. The summed E-state index contributed by atoms with van der Waals surface area (Å²) in [6.45, 7) is 0.980. The van der Waals surface area contributed by atoms with Gasteiger partial charge in [-0.1, -0.05) is 11.6 Å². The van der Waals surface area contributed by atoms with Gasteiger partial charge in [0.1, 0.15) is 24.6 Å². The number of benzene rings is 2. The number of likely N-dealkylation sites (N-methyl/N-ethyl adjacent to an activating group) is 1. The average Bonchev–Trinajstić information content (AvgIpc) is 2.81. The fraction of sp³-hybridized carbons (Fsp3) is 0.182. The van der Waals surface area contributed by atoms with E-state index < -0.39 is 5.82 Å². The Morgan fingerprint density at radius 2 is 2.00 bits per heavy atom. The molecule has 0 saturated carbocycles. The van der Waals surface area contributed by atoms with Crippen LogP contribution in [0, 0.1) is 5.82 Å². The standard InChI is InChI=1S/C22H20ClFN6O2/c1-30(21-4-3-7-27-29-21)8-9-32-20-12-18-15(11-19(20)31-2)22(26-13-25-18)28-17-6-5-14(23)10-16(17)24/h3-7,10-13H,8-9H2,1-2H3,(H,25,26,28). The highest BCUT2D eigenvalue weighted by Crippen LogP contribution is 2.35. The zero-order chi connectivity index (χ0) is 22.5. The largest absolute Gasteiger partial charge is 0.493 e. The summed E-state index contributed by atoms with van der Waals surface area (Å²) in [7, 11) is 3.46. The van der Waals surface area contributed by atoms with E-state index in [2.05, 4.69) is 25.5 Å². The highest BCUT2D eigenvalue weighted by molar-refractivity contribution is 6.30. The van der Waals surface area contributed by atoms with E-state index in [1.807, 2.05) is 24.1 Å². The molecule has 8 nitrogen and oxygen atoms in total. The third-order valence-electron chi connectivity index (χ3n) is 4.74. The van der Waals surface area contributed by atoms with Crippen LogP contribution in [0.25, 0.3) is 10.9 Å². The van der Waals surface area contributed by atoms with Gasteiger partial charge in [0.05, 0.1) is 24.9 Å². The summed E-state index contributed by atoms with van der Waals surface area (Å²) in [5.41, 5.74) is 0.871. The summed E-state index contributed by atoms with van der Waals surface area (Å²) in [4.78, 5) is 10.5. The number of methoxy groups -OCH3 is 1. The molecule has 0 unspecified atom stereocenters. The van der Waals surface area contributed by atoms with E-state index in [-0.39, 0.29) is 5.69 Å². The van der Waals surface area contributed by atoms with Gasteiger partial charge >= 0.3 is 0 Å². The second-order valence-electron chi connectivity index (χ2n) is 6.84. The van der Waals surface area contributed by atoms with Crippen molar-refractivity contribution in [2.75, 3.05) is 37.5 Å². The minimum atomic E-state index is -0.483. The van der Waals surface area contributed by atoms with Crippen molar-refractivity contribution in [3.8, 4) is 11.5 Å². The molecule has 1 N–H and O–H groups in total. The summed E-state index contributed by atoms with van der Waals surface area (Å²) in [6.07, 6.45) is 3.02. The molecule has 0 fully saturated rings. The molecule has 2 heterocycles. The first-order valence-corrected chi connectivity index (χ1v) is 10.1. The molecule has 0 amide bonds. The number of fused-ring (bicyclic) bond motifs is 1. The lowest BCUT2D eigenvalue weighted by Crippen LogP contribution is -2.24. The SMILES string of the molecule is COc1cc2c(Nc3ccc(Cl)cc3F)ncnc2cc1OCCN(C)c1cccnn1. The zero-order valence-corrected chi connectivity index (χ0v) is 18.2. The number of nitrogens with one attached hydrogen (secondary N) is 1. The molecular formula is C22H20ClFN6O2. The fourth-order valence-corrected chi connectivity index (χ4v) is 3.22. The van der Waals surface area contributed by atoms with Crippen molar-refractivity contribution in [1.82, 2.24) is 20.2 Å². The van der Waals surface area contributed by atoms with Crippen molar-refractivity contribution in [3.05, 3.63) is 65.8 Å². The van der Waals surface area contributed by atoms with Crippen LogP contribution in [0.4, 0.5) is 21.7 Å². The first kappa shape index (κ1) is 21.5. The molecule has 0 atom stereocenters. The van der Waals surface area contributed by atoms with Gasteiger partial charge in [0, 0.05) is 29.7 Å². The highest BCUT2D eigenvalue weighted by Gasteiger charge is 2.14. The van der Waals surface area contributed by atoms with Gasteiger partial charge in [0.25, 0.3) is 0 Å². The van der Waals surface area contributed by atoms with Crippen molar-refractivity contribution in [1.29, 1.82) is 0 Å². The topological polar surface area (TPSA) is 85.3 Å². The van der Waals surface area contributed by atoms with Crippen LogP contribution in [0.1, 0.15) is 0 Å². The number of hydrogen-bond acceptors (Lipinski definition) is 8. The second kappa shape index (κ2) is 9.61. The molecule has 164 valence electrons. The smallest absolute Gasteiger partial charge is 0.163 e. The average molecular weight is 455 g/mol. The molecule has 0 radical (unpaired) electrons. The minimum Gasteiger partial charge on any atom is -0.493 e. The van der Waals surface area contributed by atoms with E-state index in [0.29, 0.717) is 46.4 Å². The highest BCUT2D eigenvalue weighted by atomic mass is 35.5. The molecule has 0 aliphatic rings. The van der Waals surface area contributed by atoms with Gasteiger partial charge in [0.2, 0.25) is 0 Å². The van der Waals surface area contributed by atoms with Crippen LogP contribution in [0.15, 0.2) is 55.0 Å². The van der Waals surface area contributed by atoms with Gasteiger partial charge in [-0.2, -0.15) is 5.10 Å². The molecule has 0 aliphatic heterocycles. The first-order valence-electron chi connectivity index (χ1n) is 9.71. The van der Waals surface area contributed by atoms with Crippen LogP contribution in [0.5, 0.6) is 11.5 Å². The predicted molar refractivity (Wildman–Crippen MR) is 122 cm³/mol.